The van der Waals surface area contributed by atoms with Crippen LogP contribution >= 0.6 is 12.4 Å². The van der Waals surface area contributed by atoms with Crippen molar-refractivity contribution in [2.45, 2.75) is 0 Å². The SMILES string of the molecule is COc1cc(NS(C)(=O)=O)ccc1Nc1c2ccccc2nc2cccc([N+](=O)[O-])c12.Cl. The molecule has 9 nitrogen and oxygen atoms in total. The van der Waals surface area contributed by atoms with Gasteiger partial charge in [0.15, 0.2) is 0 Å². The number of pyridine rings is 1. The number of ether oxygens (including phenoxy) is 1. The molecule has 166 valence electrons. The van der Waals surface area contributed by atoms with Gasteiger partial charge < -0.3 is 10.1 Å². The molecule has 0 bridgehead atoms. The number of nitro benzene ring substituents is 1. The van der Waals surface area contributed by atoms with Gasteiger partial charge in [0, 0.05) is 17.5 Å². The van der Waals surface area contributed by atoms with E-state index in [1.165, 1.54) is 19.2 Å². The van der Waals surface area contributed by atoms with Gasteiger partial charge in [0.1, 0.15) is 11.1 Å². The molecule has 0 aliphatic heterocycles. The molecule has 0 amide bonds. The Kier molecular flexibility index (Phi) is 6.37. The number of nitrogens with zero attached hydrogens (tertiary/aromatic N) is 2. The number of nitro groups is 1. The average Bonchev–Trinajstić information content (AvgIpc) is 2.72. The molecule has 0 aliphatic rings. The second-order valence-corrected chi connectivity index (χ2v) is 8.60. The van der Waals surface area contributed by atoms with Crippen LogP contribution in [0.15, 0.2) is 60.7 Å². The van der Waals surface area contributed by atoms with Crippen LogP contribution in [0.3, 0.4) is 0 Å². The van der Waals surface area contributed by atoms with Crippen molar-refractivity contribution in [3.8, 4) is 5.75 Å². The van der Waals surface area contributed by atoms with Crippen molar-refractivity contribution in [3.63, 3.8) is 0 Å². The summed E-state index contributed by atoms with van der Waals surface area (Å²) in [6.07, 6.45) is 1.06. The van der Waals surface area contributed by atoms with Gasteiger partial charge in [-0.3, -0.25) is 14.8 Å². The van der Waals surface area contributed by atoms with Crippen molar-refractivity contribution in [1.82, 2.24) is 4.98 Å². The maximum Gasteiger partial charge on any atom is 0.280 e. The number of sulfonamides is 1. The van der Waals surface area contributed by atoms with Gasteiger partial charge in [-0.15, -0.1) is 12.4 Å². The van der Waals surface area contributed by atoms with Crippen molar-refractivity contribution in [2.75, 3.05) is 23.4 Å². The Morgan fingerprint density at radius 2 is 1.75 bits per heavy atom. The Hall–Kier alpha value is -3.63. The van der Waals surface area contributed by atoms with Gasteiger partial charge in [0.25, 0.3) is 5.69 Å². The molecule has 0 aliphatic carbocycles. The van der Waals surface area contributed by atoms with E-state index in [9.17, 15) is 18.5 Å². The molecule has 0 unspecified atom stereocenters. The quantitative estimate of drug-likeness (QED) is 0.233. The summed E-state index contributed by atoms with van der Waals surface area (Å²) in [7, 11) is -2.00. The van der Waals surface area contributed by atoms with Crippen LogP contribution < -0.4 is 14.8 Å². The molecule has 0 saturated carbocycles. The van der Waals surface area contributed by atoms with Crippen LogP contribution in [0.4, 0.5) is 22.7 Å². The van der Waals surface area contributed by atoms with Crippen molar-refractivity contribution in [1.29, 1.82) is 0 Å². The second-order valence-electron chi connectivity index (χ2n) is 6.85. The summed E-state index contributed by atoms with van der Waals surface area (Å²) < 4.78 is 30.9. The van der Waals surface area contributed by atoms with Gasteiger partial charge >= 0.3 is 0 Å². The van der Waals surface area contributed by atoms with E-state index in [4.69, 9.17) is 4.74 Å². The summed E-state index contributed by atoms with van der Waals surface area (Å²) in [6.45, 7) is 0. The van der Waals surface area contributed by atoms with E-state index >= 15 is 0 Å². The summed E-state index contributed by atoms with van der Waals surface area (Å²) in [6, 6.07) is 16.8. The van der Waals surface area contributed by atoms with Crippen molar-refractivity contribution >= 4 is 67.0 Å². The van der Waals surface area contributed by atoms with E-state index < -0.39 is 14.9 Å². The van der Waals surface area contributed by atoms with Crippen LogP contribution in [-0.2, 0) is 10.0 Å². The maximum absolute atomic E-state index is 11.7. The number of benzene rings is 3. The van der Waals surface area contributed by atoms with Gasteiger partial charge in [0.05, 0.1) is 46.4 Å². The Balaban J connectivity index is 0.00000289. The van der Waals surface area contributed by atoms with Crippen LogP contribution in [0.1, 0.15) is 0 Å². The lowest BCUT2D eigenvalue weighted by Gasteiger charge is -2.16. The number of para-hydroxylation sites is 1. The highest BCUT2D eigenvalue weighted by Crippen LogP contribution is 2.40. The number of nitrogens with one attached hydrogen (secondary N) is 2. The molecule has 0 atom stereocenters. The highest BCUT2D eigenvalue weighted by molar-refractivity contribution is 7.92. The lowest BCUT2D eigenvalue weighted by molar-refractivity contribution is -0.383. The molecular formula is C21H19ClN4O5S. The van der Waals surface area contributed by atoms with Crippen molar-refractivity contribution < 1.29 is 18.1 Å². The van der Waals surface area contributed by atoms with Crippen LogP contribution in [-0.4, -0.2) is 31.7 Å². The number of non-ortho nitro benzene ring substituents is 1. The summed E-state index contributed by atoms with van der Waals surface area (Å²) in [5.74, 6) is 0.362. The lowest BCUT2D eigenvalue weighted by atomic mass is 10.1. The molecule has 3 aromatic carbocycles. The molecule has 4 aromatic rings. The third-order valence-electron chi connectivity index (χ3n) is 4.65. The molecule has 1 aromatic heterocycles. The predicted molar refractivity (Wildman–Crippen MR) is 128 cm³/mol. The minimum atomic E-state index is -3.46. The smallest absolute Gasteiger partial charge is 0.280 e. The molecule has 0 fully saturated rings. The highest BCUT2D eigenvalue weighted by atomic mass is 35.5. The Morgan fingerprint density at radius 1 is 1.03 bits per heavy atom. The third kappa shape index (κ3) is 4.51. The van der Waals surface area contributed by atoms with E-state index in [1.54, 1.807) is 24.3 Å². The van der Waals surface area contributed by atoms with Crippen LogP contribution in [0.2, 0.25) is 0 Å². The zero-order chi connectivity index (χ0) is 22.2. The van der Waals surface area contributed by atoms with E-state index in [1.807, 2.05) is 24.3 Å². The first-order valence-electron chi connectivity index (χ1n) is 9.15. The van der Waals surface area contributed by atoms with Crippen LogP contribution in [0, 0.1) is 10.1 Å². The fourth-order valence-electron chi connectivity index (χ4n) is 3.41. The zero-order valence-corrected chi connectivity index (χ0v) is 18.7. The number of aromatic nitrogens is 1. The van der Waals surface area contributed by atoms with Crippen LogP contribution in [0.5, 0.6) is 5.75 Å². The van der Waals surface area contributed by atoms with E-state index in [0.29, 0.717) is 44.6 Å². The number of fused-ring (bicyclic) bond motifs is 2. The fraction of sp³-hybridized carbons (Fsp3) is 0.0952. The minimum Gasteiger partial charge on any atom is -0.494 e. The normalized spacial score (nSPS) is 11.1. The molecule has 4 rings (SSSR count). The Bertz CT molecular complexity index is 1440. The van der Waals surface area contributed by atoms with Gasteiger partial charge in [-0.2, -0.15) is 0 Å². The topological polar surface area (TPSA) is 123 Å². The Morgan fingerprint density at radius 3 is 2.44 bits per heavy atom. The largest absolute Gasteiger partial charge is 0.494 e. The first-order chi connectivity index (χ1) is 14.8. The molecule has 2 N–H and O–H groups in total. The number of hydrogen-bond acceptors (Lipinski definition) is 7. The molecule has 32 heavy (non-hydrogen) atoms. The standard InChI is InChI=1S/C21H18N4O5S.ClH/c1-30-19-12-13(24-31(2,28)29)10-11-16(19)23-21-14-6-3-4-7-15(14)22-17-8-5-9-18(20(17)21)25(26)27;/h3-12,24H,1-2H3,(H,22,23);1H. The van der Waals surface area contributed by atoms with Crippen molar-refractivity contribution in [3.05, 3.63) is 70.8 Å². The maximum atomic E-state index is 11.7. The first-order valence-corrected chi connectivity index (χ1v) is 11.0. The third-order valence-corrected chi connectivity index (χ3v) is 5.25. The molecule has 0 radical (unpaired) electrons. The van der Waals surface area contributed by atoms with Gasteiger partial charge in [-0.05, 0) is 24.3 Å². The first kappa shape index (κ1) is 23.0. The van der Waals surface area contributed by atoms with Crippen LogP contribution in [0.25, 0.3) is 21.8 Å². The summed E-state index contributed by atoms with van der Waals surface area (Å²) in [4.78, 5) is 15.8. The molecular weight excluding hydrogens is 456 g/mol. The number of halogens is 1. The number of rotatable bonds is 6. The Labute approximate surface area is 190 Å². The zero-order valence-electron chi connectivity index (χ0n) is 17.0. The monoisotopic (exact) mass is 474 g/mol. The molecule has 0 spiro atoms. The molecule has 11 heteroatoms. The average molecular weight is 475 g/mol. The summed E-state index contributed by atoms with van der Waals surface area (Å²) >= 11 is 0. The molecule has 0 saturated heterocycles. The molecule has 1 heterocycles. The van der Waals surface area contributed by atoms with E-state index in [0.717, 1.165) is 6.26 Å². The van der Waals surface area contributed by atoms with Crippen molar-refractivity contribution in [2.24, 2.45) is 0 Å². The van der Waals surface area contributed by atoms with Gasteiger partial charge in [-0.25, -0.2) is 13.4 Å². The van der Waals surface area contributed by atoms with Gasteiger partial charge in [-0.1, -0.05) is 24.3 Å². The number of hydrogen-bond donors (Lipinski definition) is 2. The van der Waals surface area contributed by atoms with E-state index in [-0.39, 0.29) is 18.1 Å². The van der Waals surface area contributed by atoms with E-state index in [2.05, 4.69) is 15.0 Å². The second kappa shape index (κ2) is 8.85. The minimum absolute atomic E-state index is 0. The summed E-state index contributed by atoms with van der Waals surface area (Å²) in [5, 5.41) is 16.0. The fourth-order valence-corrected chi connectivity index (χ4v) is 3.97. The van der Waals surface area contributed by atoms with Gasteiger partial charge in [0.2, 0.25) is 10.0 Å². The lowest BCUT2D eigenvalue weighted by Crippen LogP contribution is -2.09. The summed E-state index contributed by atoms with van der Waals surface area (Å²) in [5.41, 5.74) is 2.43. The number of anilines is 3. The predicted octanol–water partition coefficient (Wildman–Crippen LogP) is 4.84. The number of methoxy groups -OCH3 is 1. The highest BCUT2D eigenvalue weighted by Gasteiger charge is 2.20.